The van der Waals surface area contributed by atoms with Crippen LogP contribution in [0.5, 0.6) is 0 Å². The molecule has 1 aliphatic heterocycles. The maximum absolute atomic E-state index is 13.4. The van der Waals surface area contributed by atoms with Crippen LogP contribution < -0.4 is 5.32 Å². The Balaban J connectivity index is 1.43. The van der Waals surface area contributed by atoms with Crippen LogP contribution in [-0.2, 0) is 14.8 Å². The smallest absolute Gasteiger partial charge is 0.248 e. The van der Waals surface area contributed by atoms with Crippen LogP contribution in [0.4, 0.5) is 5.69 Å². The van der Waals surface area contributed by atoms with Crippen LogP contribution in [0.15, 0.2) is 45.1 Å². The summed E-state index contributed by atoms with van der Waals surface area (Å²) in [5.41, 5.74) is 3.37. The standard InChI is InChI=1S/C24H27N3O4S2/c1-16-6-7-20(15-17(16)2)25-24(28)19-10-12-27(13-11-19)33(29,30)23-18(3)26-31-22(23)9-8-21-5-4-14-32-21/h4-9,14-15,19H,10-13H2,1-3H3,(H,25,28)/b9-8+. The lowest BCUT2D eigenvalue weighted by atomic mass is 9.97. The molecule has 0 radical (unpaired) electrons. The van der Waals surface area contributed by atoms with Crippen LogP contribution in [0.2, 0.25) is 0 Å². The maximum atomic E-state index is 13.4. The van der Waals surface area contributed by atoms with Gasteiger partial charge in [0.15, 0.2) is 10.7 Å². The van der Waals surface area contributed by atoms with Gasteiger partial charge in [0.05, 0.1) is 0 Å². The SMILES string of the molecule is Cc1ccc(NC(=O)C2CCN(S(=O)(=O)c3c(C)noc3/C=C/c3cccs3)CC2)cc1C. The first kappa shape index (κ1) is 23.4. The number of rotatable bonds is 6. The quantitative estimate of drug-likeness (QED) is 0.538. The Labute approximate surface area is 198 Å². The number of aryl methyl sites for hydroxylation is 3. The summed E-state index contributed by atoms with van der Waals surface area (Å²) in [6.07, 6.45) is 4.37. The summed E-state index contributed by atoms with van der Waals surface area (Å²) in [7, 11) is -3.79. The number of hydrogen-bond acceptors (Lipinski definition) is 6. The molecule has 0 saturated carbocycles. The van der Waals surface area contributed by atoms with Crippen molar-refractivity contribution in [1.29, 1.82) is 0 Å². The molecule has 9 heteroatoms. The molecule has 1 fully saturated rings. The fourth-order valence-electron chi connectivity index (χ4n) is 3.89. The molecule has 4 rings (SSSR count). The molecule has 0 aliphatic carbocycles. The van der Waals surface area contributed by atoms with Crippen molar-refractivity contribution in [3.05, 3.63) is 63.2 Å². The predicted octanol–water partition coefficient (Wildman–Crippen LogP) is 4.87. The molecule has 0 atom stereocenters. The first-order valence-electron chi connectivity index (χ1n) is 10.8. The zero-order valence-corrected chi connectivity index (χ0v) is 20.5. The summed E-state index contributed by atoms with van der Waals surface area (Å²) in [4.78, 5) is 13.8. The Bertz CT molecular complexity index is 1270. The van der Waals surface area contributed by atoms with Crippen LogP contribution >= 0.6 is 11.3 Å². The van der Waals surface area contributed by atoms with Crippen molar-refractivity contribution in [2.75, 3.05) is 18.4 Å². The van der Waals surface area contributed by atoms with E-state index >= 15 is 0 Å². The van der Waals surface area contributed by atoms with Gasteiger partial charge < -0.3 is 9.84 Å². The van der Waals surface area contributed by atoms with Gasteiger partial charge in [0, 0.05) is 29.6 Å². The number of thiophene rings is 1. The number of piperidine rings is 1. The van der Waals surface area contributed by atoms with E-state index in [0.717, 1.165) is 16.1 Å². The molecule has 0 bridgehead atoms. The van der Waals surface area contributed by atoms with E-state index in [1.54, 1.807) is 24.3 Å². The van der Waals surface area contributed by atoms with Gasteiger partial charge in [-0.1, -0.05) is 17.3 Å². The molecule has 7 nitrogen and oxygen atoms in total. The highest BCUT2D eigenvalue weighted by Crippen LogP contribution is 2.30. The van der Waals surface area contributed by atoms with Crippen LogP contribution in [-0.4, -0.2) is 36.9 Å². The van der Waals surface area contributed by atoms with Crippen LogP contribution in [0, 0.1) is 26.7 Å². The Morgan fingerprint density at radius 2 is 1.91 bits per heavy atom. The van der Waals surface area contributed by atoms with Crippen LogP contribution in [0.1, 0.15) is 40.3 Å². The van der Waals surface area contributed by atoms with Crippen LogP contribution in [0.3, 0.4) is 0 Å². The zero-order valence-electron chi connectivity index (χ0n) is 18.9. The Hall–Kier alpha value is -2.75. The van der Waals surface area contributed by atoms with Crippen molar-refractivity contribution in [3.8, 4) is 0 Å². The Morgan fingerprint density at radius 1 is 1.15 bits per heavy atom. The lowest BCUT2D eigenvalue weighted by Gasteiger charge is -2.30. The van der Waals surface area contributed by atoms with Crippen molar-refractivity contribution < 1.29 is 17.7 Å². The van der Waals surface area contributed by atoms with E-state index < -0.39 is 10.0 Å². The third-order valence-corrected chi connectivity index (χ3v) is 8.87. The molecular formula is C24H27N3O4S2. The lowest BCUT2D eigenvalue weighted by Crippen LogP contribution is -2.41. The minimum Gasteiger partial charge on any atom is -0.355 e. The van der Waals surface area contributed by atoms with Crippen molar-refractivity contribution in [2.24, 2.45) is 5.92 Å². The van der Waals surface area contributed by atoms with E-state index in [-0.39, 0.29) is 35.6 Å². The number of benzene rings is 1. The maximum Gasteiger partial charge on any atom is 0.248 e. The average Bonchev–Trinajstić information content (AvgIpc) is 3.44. The molecule has 3 aromatic rings. The highest BCUT2D eigenvalue weighted by atomic mass is 32.2. The van der Waals surface area contributed by atoms with Gasteiger partial charge in [-0.15, -0.1) is 11.3 Å². The van der Waals surface area contributed by atoms with Gasteiger partial charge in [0.25, 0.3) is 0 Å². The monoisotopic (exact) mass is 485 g/mol. The largest absolute Gasteiger partial charge is 0.355 e. The number of amides is 1. The summed E-state index contributed by atoms with van der Waals surface area (Å²) in [6, 6.07) is 9.68. The molecule has 1 saturated heterocycles. The first-order chi connectivity index (χ1) is 15.8. The normalized spacial score (nSPS) is 15.8. The molecule has 0 unspecified atom stereocenters. The summed E-state index contributed by atoms with van der Waals surface area (Å²) in [5, 5.41) is 8.80. The minimum absolute atomic E-state index is 0.0731. The molecule has 1 aliphatic rings. The zero-order chi connectivity index (χ0) is 23.6. The number of sulfonamides is 1. The number of carbonyl (C=O) groups excluding carboxylic acids is 1. The molecule has 1 amide bonds. The third kappa shape index (κ3) is 5.10. The van der Waals surface area contributed by atoms with E-state index in [2.05, 4.69) is 10.5 Å². The van der Waals surface area contributed by atoms with E-state index in [4.69, 9.17) is 4.52 Å². The summed E-state index contributed by atoms with van der Waals surface area (Å²) < 4.78 is 33.5. The third-order valence-electron chi connectivity index (χ3n) is 5.97. The number of aromatic nitrogens is 1. The molecule has 33 heavy (non-hydrogen) atoms. The van der Waals surface area contributed by atoms with E-state index in [0.29, 0.717) is 18.5 Å². The Kier molecular flexibility index (Phi) is 6.83. The fraction of sp³-hybridized carbons (Fsp3) is 0.333. The Morgan fingerprint density at radius 3 is 2.58 bits per heavy atom. The molecule has 3 heterocycles. The number of nitrogens with one attached hydrogen (secondary N) is 1. The van der Waals surface area contributed by atoms with Gasteiger partial charge in [-0.25, -0.2) is 8.42 Å². The molecule has 1 N–H and O–H groups in total. The van der Waals surface area contributed by atoms with E-state index in [1.807, 2.05) is 55.6 Å². The second-order valence-electron chi connectivity index (χ2n) is 8.28. The van der Waals surface area contributed by atoms with Gasteiger partial charge in [-0.05, 0) is 80.5 Å². The highest BCUT2D eigenvalue weighted by Gasteiger charge is 2.36. The first-order valence-corrected chi connectivity index (χ1v) is 13.1. The predicted molar refractivity (Wildman–Crippen MR) is 131 cm³/mol. The van der Waals surface area contributed by atoms with Gasteiger partial charge >= 0.3 is 0 Å². The van der Waals surface area contributed by atoms with Gasteiger partial charge in [-0.2, -0.15) is 4.31 Å². The molecule has 1 aromatic carbocycles. The van der Waals surface area contributed by atoms with Crippen molar-refractivity contribution in [2.45, 2.75) is 38.5 Å². The summed E-state index contributed by atoms with van der Waals surface area (Å²) in [5.74, 6) is -0.0913. The molecule has 2 aromatic heterocycles. The fourth-order valence-corrected chi connectivity index (χ4v) is 6.23. The number of anilines is 1. The number of nitrogens with zero attached hydrogens (tertiary/aromatic N) is 2. The van der Waals surface area contributed by atoms with Crippen LogP contribution in [0.25, 0.3) is 12.2 Å². The van der Waals surface area contributed by atoms with Gasteiger partial charge in [0.2, 0.25) is 15.9 Å². The van der Waals surface area contributed by atoms with Crippen molar-refractivity contribution >= 4 is 45.1 Å². The van der Waals surface area contributed by atoms with Crippen molar-refractivity contribution in [3.63, 3.8) is 0 Å². The lowest BCUT2D eigenvalue weighted by molar-refractivity contribution is -0.120. The number of carbonyl (C=O) groups is 1. The topological polar surface area (TPSA) is 92.5 Å². The summed E-state index contributed by atoms with van der Waals surface area (Å²) >= 11 is 1.55. The molecule has 174 valence electrons. The highest BCUT2D eigenvalue weighted by molar-refractivity contribution is 7.89. The molecule has 0 spiro atoms. The van der Waals surface area contributed by atoms with Gasteiger partial charge in [-0.3, -0.25) is 4.79 Å². The van der Waals surface area contributed by atoms with Gasteiger partial charge in [0.1, 0.15) is 5.69 Å². The van der Waals surface area contributed by atoms with Crippen molar-refractivity contribution in [1.82, 2.24) is 9.46 Å². The second kappa shape index (κ2) is 9.62. The van der Waals surface area contributed by atoms with E-state index in [9.17, 15) is 13.2 Å². The molecular weight excluding hydrogens is 458 g/mol. The summed E-state index contributed by atoms with van der Waals surface area (Å²) in [6.45, 7) is 6.20. The van der Waals surface area contributed by atoms with E-state index in [1.165, 1.54) is 9.87 Å². The average molecular weight is 486 g/mol. The number of hydrogen-bond donors (Lipinski definition) is 1. The second-order valence-corrected chi connectivity index (χ2v) is 11.1. The minimum atomic E-state index is -3.79.